The van der Waals surface area contributed by atoms with E-state index in [1.54, 1.807) is 16.7 Å². The van der Waals surface area contributed by atoms with Gasteiger partial charge in [-0.2, -0.15) is 0 Å². The lowest BCUT2D eigenvalue weighted by Crippen LogP contribution is -2.48. The van der Waals surface area contributed by atoms with Gasteiger partial charge in [-0.3, -0.25) is 29.8 Å². The first-order valence-corrected chi connectivity index (χ1v) is 11.7. The molecule has 0 fully saturated rings. The fourth-order valence-electron chi connectivity index (χ4n) is 3.90. The van der Waals surface area contributed by atoms with E-state index in [1.165, 1.54) is 17.2 Å². The molecule has 4 aromatic rings. The molecule has 11 nitrogen and oxygen atoms in total. The van der Waals surface area contributed by atoms with Crippen LogP contribution in [-0.4, -0.2) is 30.5 Å². The van der Waals surface area contributed by atoms with E-state index in [2.05, 4.69) is 15.8 Å². The second-order valence-electron chi connectivity index (χ2n) is 8.88. The number of hydrogen-bond acceptors (Lipinski definition) is 6. The molecule has 0 aliphatic carbocycles. The Balaban J connectivity index is 1.58. The average Bonchev–Trinajstić information content (AvgIpc) is 3.52. The van der Waals surface area contributed by atoms with Crippen LogP contribution in [0.3, 0.4) is 0 Å². The summed E-state index contributed by atoms with van der Waals surface area (Å²) in [5.74, 6) is -0.266. The van der Waals surface area contributed by atoms with Crippen molar-refractivity contribution in [3.63, 3.8) is 0 Å². The number of aromatic nitrogens is 4. The molecule has 4 rings (SSSR count). The quantitative estimate of drug-likeness (QED) is 0.340. The van der Waals surface area contributed by atoms with Crippen LogP contribution in [0, 0.1) is 5.92 Å². The molecule has 0 aliphatic rings. The van der Waals surface area contributed by atoms with Crippen LogP contribution in [0.2, 0.25) is 0 Å². The van der Waals surface area contributed by atoms with E-state index in [9.17, 15) is 19.2 Å². The molecule has 3 aromatic heterocycles. The third kappa shape index (κ3) is 5.62. The molecule has 0 saturated carbocycles. The minimum Gasteiger partial charge on any atom is -0.469 e. The number of nitrogens with zero attached hydrogens (tertiary/aromatic N) is 4. The molecule has 0 bridgehead atoms. The van der Waals surface area contributed by atoms with E-state index in [-0.39, 0.29) is 30.0 Å². The van der Waals surface area contributed by atoms with Crippen molar-refractivity contribution < 1.29 is 14.0 Å². The van der Waals surface area contributed by atoms with Crippen molar-refractivity contribution in [2.24, 2.45) is 5.92 Å². The first-order valence-electron chi connectivity index (χ1n) is 11.7. The summed E-state index contributed by atoms with van der Waals surface area (Å²) in [6.45, 7) is 4.15. The highest BCUT2D eigenvalue weighted by molar-refractivity contribution is 5.82. The molecule has 2 amide bonds. The topological polar surface area (TPSA) is 133 Å². The Bertz CT molecular complexity index is 1460. The molecular weight excluding hydrogens is 464 g/mol. The van der Waals surface area contributed by atoms with Gasteiger partial charge >= 0.3 is 5.69 Å². The van der Waals surface area contributed by atoms with Crippen molar-refractivity contribution in [1.82, 2.24) is 29.5 Å². The Kier molecular flexibility index (Phi) is 7.47. The highest BCUT2D eigenvalue weighted by Gasteiger charge is 2.20. The van der Waals surface area contributed by atoms with Gasteiger partial charge in [-0.25, -0.2) is 14.3 Å². The number of carbonyl (C=O) groups excluding carboxylic acids is 2. The fourth-order valence-corrected chi connectivity index (χ4v) is 3.90. The Hall–Kier alpha value is -4.41. The van der Waals surface area contributed by atoms with Crippen molar-refractivity contribution in [1.29, 1.82) is 0 Å². The number of hydrogen-bond donors (Lipinski definition) is 2. The Morgan fingerprint density at radius 1 is 1.00 bits per heavy atom. The number of imidazole rings is 1. The van der Waals surface area contributed by atoms with Gasteiger partial charge in [-0.05, 0) is 23.6 Å². The smallest absolute Gasteiger partial charge is 0.333 e. The first-order chi connectivity index (χ1) is 17.3. The van der Waals surface area contributed by atoms with E-state index in [0.717, 1.165) is 10.1 Å². The number of nitrogens with one attached hydrogen (secondary N) is 2. The standard InChI is InChI=1S/C25H28N6O5/c1-17(2)13-29-16-26-23-22(29)24(34)31(25(35)30(23)14-18-7-4-3-5-8-18)15-21(33)28-27-20(32)11-10-19-9-6-12-36-19/h3-9,12,16-17H,10-11,13-15H2,1-2H3,(H,27,32)(H,28,33). The van der Waals surface area contributed by atoms with Gasteiger partial charge in [0.05, 0.1) is 19.1 Å². The summed E-state index contributed by atoms with van der Waals surface area (Å²) in [6.07, 6.45) is 3.52. The number of aryl methyl sites for hydroxylation is 1. The number of rotatable bonds is 9. The zero-order valence-electron chi connectivity index (χ0n) is 20.1. The predicted molar refractivity (Wildman–Crippen MR) is 132 cm³/mol. The number of hydrazine groups is 1. The summed E-state index contributed by atoms with van der Waals surface area (Å²) in [5, 5.41) is 0. The Morgan fingerprint density at radius 2 is 1.75 bits per heavy atom. The van der Waals surface area contributed by atoms with Crippen LogP contribution < -0.4 is 22.1 Å². The maximum absolute atomic E-state index is 13.3. The highest BCUT2D eigenvalue weighted by Crippen LogP contribution is 2.11. The van der Waals surface area contributed by atoms with E-state index < -0.39 is 29.6 Å². The van der Waals surface area contributed by atoms with Gasteiger partial charge in [0.1, 0.15) is 12.3 Å². The van der Waals surface area contributed by atoms with Crippen LogP contribution in [0.25, 0.3) is 11.2 Å². The third-order valence-electron chi connectivity index (χ3n) is 5.55. The molecule has 36 heavy (non-hydrogen) atoms. The minimum atomic E-state index is -0.707. The monoisotopic (exact) mass is 492 g/mol. The fraction of sp³-hybridized carbons (Fsp3) is 0.320. The summed E-state index contributed by atoms with van der Waals surface area (Å²) >= 11 is 0. The second kappa shape index (κ2) is 10.9. The zero-order valence-corrected chi connectivity index (χ0v) is 20.1. The molecule has 11 heteroatoms. The molecule has 0 radical (unpaired) electrons. The van der Waals surface area contributed by atoms with Crippen molar-refractivity contribution >= 4 is 23.0 Å². The molecule has 2 N–H and O–H groups in total. The van der Waals surface area contributed by atoms with E-state index in [4.69, 9.17) is 4.42 Å². The van der Waals surface area contributed by atoms with Crippen molar-refractivity contribution in [3.05, 3.63) is 87.2 Å². The van der Waals surface area contributed by atoms with Gasteiger partial charge in [0, 0.05) is 19.4 Å². The molecule has 0 spiro atoms. The number of furan rings is 1. The van der Waals surface area contributed by atoms with Crippen LogP contribution in [-0.2, 0) is 35.6 Å². The Labute approximate surface area is 206 Å². The minimum absolute atomic E-state index is 0.0952. The van der Waals surface area contributed by atoms with Crippen LogP contribution in [0.15, 0.2) is 69.1 Å². The van der Waals surface area contributed by atoms with Crippen molar-refractivity contribution in [3.8, 4) is 0 Å². The maximum atomic E-state index is 13.3. The lowest BCUT2D eigenvalue weighted by atomic mass is 10.2. The van der Waals surface area contributed by atoms with Gasteiger partial charge < -0.3 is 8.98 Å². The van der Waals surface area contributed by atoms with Gasteiger partial charge in [0.25, 0.3) is 11.5 Å². The lowest BCUT2D eigenvalue weighted by Gasteiger charge is -2.14. The molecule has 0 atom stereocenters. The highest BCUT2D eigenvalue weighted by atomic mass is 16.3. The summed E-state index contributed by atoms with van der Waals surface area (Å²) in [7, 11) is 0. The SMILES string of the molecule is CC(C)Cn1cnc2c1c(=O)n(CC(=O)NNC(=O)CCc1ccco1)c(=O)n2Cc1ccccc1. The van der Waals surface area contributed by atoms with Crippen molar-refractivity contribution in [2.75, 3.05) is 0 Å². The summed E-state index contributed by atoms with van der Waals surface area (Å²) < 4.78 is 9.14. The third-order valence-corrected chi connectivity index (χ3v) is 5.55. The average molecular weight is 493 g/mol. The summed E-state index contributed by atoms with van der Waals surface area (Å²) in [6, 6.07) is 12.8. The van der Waals surface area contributed by atoms with E-state index in [1.807, 2.05) is 44.2 Å². The molecule has 188 valence electrons. The molecule has 0 saturated heterocycles. The molecule has 0 aliphatic heterocycles. The summed E-state index contributed by atoms with van der Waals surface area (Å²) in [5.41, 5.74) is 4.66. The number of carbonyl (C=O) groups is 2. The van der Waals surface area contributed by atoms with Gasteiger partial charge in [0.2, 0.25) is 5.91 Å². The Morgan fingerprint density at radius 3 is 2.44 bits per heavy atom. The maximum Gasteiger partial charge on any atom is 0.333 e. The van der Waals surface area contributed by atoms with E-state index >= 15 is 0 Å². The first kappa shape index (κ1) is 24.7. The molecular formula is C25H28N6O5. The van der Waals surface area contributed by atoms with Crippen LogP contribution in [0.1, 0.15) is 31.6 Å². The van der Waals surface area contributed by atoms with Gasteiger partial charge in [-0.15, -0.1) is 0 Å². The summed E-state index contributed by atoms with van der Waals surface area (Å²) in [4.78, 5) is 55.7. The van der Waals surface area contributed by atoms with Crippen molar-refractivity contribution in [2.45, 2.75) is 46.3 Å². The zero-order chi connectivity index (χ0) is 25.7. The van der Waals surface area contributed by atoms with Gasteiger partial charge in [-0.1, -0.05) is 44.2 Å². The number of fused-ring (bicyclic) bond motifs is 1. The molecule has 1 aromatic carbocycles. The second-order valence-corrected chi connectivity index (χ2v) is 8.88. The number of benzene rings is 1. The van der Waals surface area contributed by atoms with Crippen LogP contribution in [0.4, 0.5) is 0 Å². The predicted octanol–water partition coefficient (Wildman–Crippen LogP) is 1.44. The van der Waals surface area contributed by atoms with Crippen LogP contribution >= 0.6 is 0 Å². The van der Waals surface area contributed by atoms with Gasteiger partial charge in [0.15, 0.2) is 11.2 Å². The van der Waals surface area contributed by atoms with Crippen LogP contribution in [0.5, 0.6) is 0 Å². The molecule has 0 unspecified atom stereocenters. The molecule has 3 heterocycles. The van der Waals surface area contributed by atoms with E-state index in [0.29, 0.717) is 18.7 Å². The largest absolute Gasteiger partial charge is 0.469 e. The lowest BCUT2D eigenvalue weighted by molar-refractivity contribution is -0.129. The normalized spacial score (nSPS) is 11.2. The number of amides is 2.